The number of hydrogen-bond donors (Lipinski definition) is 2. The van der Waals surface area contributed by atoms with Crippen LogP contribution < -0.4 is 15.8 Å². The molecule has 0 aliphatic carbocycles. The van der Waals surface area contributed by atoms with Crippen molar-refractivity contribution in [3.8, 4) is 11.6 Å². The quantitative estimate of drug-likeness (QED) is 0.433. The molecule has 1 heterocycles. The van der Waals surface area contributed by atoms with Crippen LogP contribution in [0.2, 0.25) is 0 Å². The number of aromatic nitrogens is 1. The van der Waals surface area contributed by atoms with E-state index >= 15 is 0 Å². The van der Waals surface area contributed by atoms with Gasteiger partial charge in [0.15, 0.2) is 5.96 Å². The monoisotopic (exact) mass is 430 g/mol. The fourth-order valence-electron chi connectivity index (χ4n) is 1.73. The minimum atomic E-state index is -0.350. The van der Waals surface area contributed by atoms with Gasteiger partial charge in [0.05, 0.1) is 6.54 Å². The van der Waals surface area contributed by atoms with E-state index in [0.29, 0.717) is 24.1 Å². The molecule has 2 aromatic rings. The molecule has 0 radical (unpaired) electrons. The lowest BCUT2D eigenvalue weighted by Crippen LogP contribution is -2.36. The summed E-state index contributed by atoms with van der Waals surface area (Å²) in [5.41, 5.74) is 6.63. The van der Waals surface area contributed by atoms with Crippen LogP contribution in [0.15, 0.2) is 47.6 Å². The van der Waals surface area contributed by atoms with Crippen molar-refractivity contribution in [2.75, 3.05) is 0 Å². The van der Waals surface area contributed by atoms with E-state index in [-0.39, 0.29) is 35.8 Å². The maximum atomic E-state index is 13.1. The standard InChI is InChI=1S/C16H19FN4O.HI/c1-11(2)21-16(18)20-10-12-6-7-15(19-9-12)22-14-5-3-4-13(17)8-14;/h3-9,11H,10H2,1-2H3,(H3,18,20,21);1H. The van der Waals surface area contributed by atoms with Crippen LogP contribution in [-0.4, -0.2) is 17.0 Å². The zero-order chi connectivity index (χ0) is 15.9. The third kappa shape index (κ3) is 6.81. The Morgan fingerprint density at radius 2 is 2.13 bits per heavy atom. The molecule has 0 fully saturated rings. The molecule has 1 aromatic heterocycles. The summed E-state index contributed by atoms with van der Waals surface area (Å²) in [6.45, 7) is 4.41. The number of guanidine groups is 1. The van der Waals surface area contributed by atoms with E-state index in [0.717, 1.165) is 5.56 Å². The third-order valence-electron chi connectivity index (χ3n) is 2.68. The van der Waals surface area contributed by atoms with Gasteiger partial charge >= 0.3 is 0 Å². The second kappa shape index (κ2) is 9.29. The van der Waals surface area contributed by atoms with E-state index in [1.54, 1.807) is 24.4 Å². The number of hydrogen-bond acceptors (Lipinski definition) is 3. The first-order valence-electron chi connectivity index (χ1n) is 6.98. The number of nitrogens with zero attached hydrogens (tertiary/aromatic N) is 2. The van der Waals surface area contributed by atoms with Crippen molar-refractivity contribution in [2.45, 2.75) is 26.4 Å². The SMILES string of the molecule is CC(C)NC(N)=NCc1ccc(Oc2cccc(F)c2)nc1.I. The van der Waals surface area contributed by atoms with Gasteiger partial charge < -0.3 is 15.8 Å². The van der Waals surface area contributed by atoms with Gasteiger partial charge in [-0.25, -0.2) is 14.4 Å². The molecule has 7 heteroatoms. The van der Waals surface area contributed by atoms with Crippen LogP contribution in [-0.2, 0) is 6.54 Å². The fraction of sp³-hybridized carbons (Fsp3) is 0.250. The van der Waals surface area contributed by atoms with Crippen molar-refractivity contribution in [1.29, 1.82) is 0 Å². The Bertz CT molecular complexity index is 647. The van der Waals surface area contributed by atoms with E-state index in [1.165, 1.54) is 12.1 Å². The molecule has 0 aliphatic heterocycles. The predicted octanol–water partition coefficient (Wildman–Crippen LogP) is 3.44. The predicted molar refractivity (Wildman–Crippen MR) is 99.7 cm³/mol. The topological polar surface area (TPSA) is 72.5 Å². The second-order valence-electron chi connectivity index (χ2n) is 5.06. The van der Waals surface area contributed by atoms with Crippen molar-refractivity contribution >= 4 is 29.9 Å². The van der Waals surface area contributed by atoms with Crippen LogP contribution in [0.3, 0.4) is 0 Å². The number of rotatable bonds is 5. The smallest absolute Gasteiger partial charge is 0.219 e. The molecule has 3 N–H and O–H groups in total. The molecular formula is C16H20FIN4O. The number of nitrogens with two attached hydrogens (primary N) is 1. The van der Waals surface area contributed by atoms with E-state index in [2.05, 4.69) is 15.3 Å². The van der Waals surface area contributed by atoms with Crippen LogP contribution in [0.1, 0.15) is 19.4 Å². The molecule has 0 unspecified atom stereocenters. The number of ether oxygens (including phenoxy) is 1. The first kappa shape index (κ1) is 19.1. The van der Waals surface area contributed by atoms with Crippen LogP contribution in [0.5, 0.6) is 11.6 Å². The summed E-state index contributed by atoms with van der Waals surface area (Å²) in [5.74, 6) is 0.849. The minimum absolute atomic E-state index is 0. The molecule has 124 valence electrons. The molecular weight excluding hydrogens is 410 g/mol. The molecule has 1 aromatic carbocycles. The first-order chi connectivity index (χ1) is 10.5. The van der Waals surface area contributed by atoms with Gasteiger partial charge in [-0.05, 0) is 31.5 Å². The van der Waals surface area contributed by atoms with Crippen LogP contribution >= 0.6 is 24.0 Å². The first-order valence-corrected chi connectivity index (χ1v) is 6.98. The van der Waals surface area contributed by atoms with E-state index in [4.69, 9.17) is 10.5 Å². The van der Waals surface area contributed by atoms with Gasteiger partial charge in [0.25, 0.3) is 0 Å². The van der Waals surface area contributed by atoms with Crippen molar-refractivity contribution in [1.82, 2.24) is 10.3 Å². The number of aliphatic imine (C=N–C) groups is 1. The third-order valence-corrected chi connectivity index (χ3v) is 2.68. The lowest BCUT2D eigenvalue weighted by Gasteiger charge is -2.08. The van der Waals surface area contributed by atoms with Gasteiger partial charge in [-0.2, -0.15) is 0 Å². The summed E-state index contributed by atoms with van der Waals surface area (Å²) in [6.07, 6.45) is 1.65. The van der Waals surface area contributed by atoms with E-state index in [9.17, 15) is 4.39 Å². The highest BCUT2D eigenvalue weighted by Crippen LogP contribution is 2.20. The Kier molecular flexibility index (Phi) is 7.73. The zero-order valence-corrected chi connectivity index (χ0v) is 15.3. The summed E-state index contributed by atoms with van der Waals surface area (Å²) in [6, 6.07) is 9.70. The zero-order valence-electron chi connectivity index (χ0n) is 13.0. The summed E-state index contributed by atoms with van der Waals surface area (Å²) in [7, 11) is 0. The Labute approximate surface area is 152 Å². The van der Waals surface area contributed by atoms with Gasteiger partial charge in [0, 0.05) is 24.4 Å². The Balaban J connectivity index is 0.00000264. The lowest BCUT2D eigenvalue weighted by molar-refractivity contribution is 0.457. The number of benzene rings is 1. The average molecular weight is 430 g/mol. The van der Waals surface area contributed by atoms with Crippen LogP contribution in [0.25, 0.3) is 0 Å². The molecule has 0 bridgehead atoms. The number of nitrogens with one attached hydrogen (secondary N) is 1. The highest BCUT2D eigenvalue weighted by Gasteiger charge is 2.01. The van der Waals surface area contributed by atoms with Crippen molar-refractivity contribution in [3.63, 3.8) is 0 Å². The molecule has 5 nitrogen and oxygen atoms in total. The Morgan fingerprint density at radius 1 is 1.35 bits per heavy atom. The Morgan fingerprint density at radius 3 is 2.74 bits per heavy atom. The molecule has 23 heavy (non-hydrogen) atoms. The summed E-state index contributed by atoms with van der Waals surface area (Å²) >= 11 is 0. The van der Waals surface area contributed by atoms with E-state index in [1.807, 2.05) is 19.9 Å². The van der Waals surface area contributed by atoms with Gasteiger partial charge in [-0.1, -0.05) is 12.1 Å². The highest BCUT2D eigenvalue weighted by molar-refractivity contribution is 14.0. The number of halogens is 2. The van der Waals surface area contributed by atoms with Crippen molar-refractivity contribution < 1.29 is 9.13 Å². The highest BCUT2D eigenvalue weighted by atomic mass is 127. The summed E-state index contributed by atoms with van der Waals surface area (Å²) < 4.78 is 18.5. The molecule has 2 rings (SSSR count). The van der Waals surface area contributed by atoms with E-state index < -0.39 is 0 Å². The molecule has 0 saturated carbocycles. The minimum Gasteiger partial charge on any atom is -0.439 e. The maximum Gasteiger partial charge on any atom is 0.219 e. The molecule has 0 aliphatic rings. The molecule has 0 spiro atoms. The van der Waals surface area contributed by atoms with Gasteiger partial charge in [0.1, 0.15) is 11.6 Å². The van der Waals surface area contributed by atoms with Gasteiger partial charge in [0.2, 0.25) is 5.88 Å². The van der Waals surface area contributed by atoms with Crippen LogP contribution in [0.4, 0.5) is 4.39 Å². The lowest BCUT2D eigenvalue weighted by atomic mass is 10.3. The van der Waals surface area contributed by atoms with Crippen LogP contribution in [0, 0.1) is 5.82 Å². The Hall–Kier alpha value is -1.90. The second-order valence-corrected chi connectivity index (χ2v) is 5.06. The summed E-state index contributed by atoms with van der Waals surface area (Å²) in [4.78, 5) is 8.38. The summed E-state index contributed by atoms with van der Waals surface area (Å²) in [5, 5.41) is 3.01. The van der Waals surface area contributed by atoms with Gasteiger partial charge in [-0.15, -0.1) is 24.0 Å². The van der Waals surface area contributed by atoms with Gasteiger partial charge in [-0.3, -0.25) is 0 Å². The maximum absolute atomic E-state index is 13.1. The van der Waals surface area contributed by atoms with Crippen molar-refractivity contribution in [3.05, 3.63) is 54.0 Å². The average Bonchev–Trinajstić information content (AvgIpc) is 2.46. The fourth-order valence-corrected chi connectivity index (χ4v) is 1.73. The molecule has 0 saturated heterocycles. The largest absolute Gasteiger partial charge is 0.439 e. The normalized spacial score (nSPS) is 11.0. The number of pyridine rings is 1. The van der Waals surface area contributed by atoms with Crippen molar-refractivity contribution in [2.24, 2.45) is 10.7 Å². The molecule has 0 amide bonds. The molecule has 0 atom stereocenters.